The molecule has 5 rings (SSSR count). The first kappa shape index (κ1) is 21.0. The van der Waals surface area contributed by atoms with Crippen LogP contribution in [0.3, 0.4) is 0 Å². The lowest BCUT2D eigenvalue weighted by atomic mass is 9.54. The van der Waals surface area contributed by atoms with Crippen LogP contribution < -0.4 is 5.14 Å². The minimum atomic E-state index is -3.94. The number of rotatable bonds is 3. The lowest BCUT2D eigenvalue weighted by molar-refractivity contribution is 0.0482. The van der Waals surface area contributed by atoms with Gasteiger partial charge in [0.15, 0.2) is 0 Å². The van der Waals surface area contributed by atoms with Crippen molar-refractivity contribution in [2.45, 2.75) is 61.5 Å². The lowest BCUT2D eigenvalue weighted by Crippen LogP contribution is -2.41. The molecule has 5 atom stereocenters. The van der Waals surface area contributed by atoms with E-state index in [1.165, 1.54) is 17.2 Å². The molecule has 0 radical (unpaired) electrons. The molecule has 0 aliphatic heterocycles. The van der Waals surface area contributed by atoms with Crippen molar-refractivity contribution >= 4 is 27.3 Å². The number of hydrogen-bond donors (Lipinski definition) is 3. The Balaban J connectivity index is 1.52. The minimum absolute atomic E-state index is 0.0336. The van der Waals surface area contributed by atoms with Crippen LogP contribution in [-0.4, -0.2) is 24.6 Å². The Hall–Kier alpha value is -1.90. The number of benzene rings is 1. The number of aromatic hydroxyl groups is 1. The van der Waals surface area contributed by atoms with Gasteiger partial charge >= 0.3 is 5.97 Å². The Morgan fingerprint density at radius 2 is 1.97 bits per heavy atom. The van der Waals surface area contributed by atoms with Gasteiger partial charge < -0.3 is 10.2 Å². The molecule has 3 aliphatic rings. The van der Waals surface area contributed by atoms with Crippen molar-refractivity contribution in [3.8, 4) is 5.75 Å². The van der Waals surface area contributed by atoms with Gasteiger partial charge in [-0.05, 0) is 96.9 Å². The summed E-state index contributed by atoms with van der Waals surface area (Å²) in [6.07, 6.45) is 5.94. The number of carbonyl (C=O) groups is 1. The summed E-state index contributed by atoms with van der Waals surface area (Å²) in [5.74, 6) is 0.748. The number of carboxylic acid groups (broad SMARTS) is 1. The molecule has 2 aromatic rings. The largest absolute Gasteiger partial charge is 0.508 e. The summed E-state index contributed by atoms with van der Waals surface area (Å²) in [5.41, 5.74) is 2.65. The highest BCUT2D eigenvalue weighted by molar-refractivity contribution is 7.91. The Bertz CT molecular complexity index is 1170. The molecule has 2 fully saturated rings. The Morgan fingerprint density at radius 1 is 1.19 bits per heavy atom. The maximum atomic E-state index is 11.9. The van der Waals surface area contributed by atoms with Crippen LogP contribution in [0.5, 0.6) is 5.75 Å². The third-order valence-corrected chi connectivity index (χ3v) is 10.9. The fourth-order valence-electron chi connectivity index (χ4n) is 6.95. The topological polar surface area (TPSA) is 118 Å². The van der Waals surface area contributed by atoms with Crippen LogP contribution >= 0.6 is 11.3 Å². The molecule has 4 N–H and O–H groups in total. The number of nitrogens with two attached hydrogens (primary N) is 1. The van der Waals surface area contributed by atoms with Gasteiger partial charge in [-0.3, -0.25) is 0 Å². The first-order valence-corrected chi connectivity index (χ1v) is 13.2. The number of fused-ring (bicyclic) bond motifs is 5. The van der Waals surface area contributed by atoms with Gasteiger partial charge in [-0.1, -0.05) is 13.0 Å². The number of primary sulfonamides is 1. The second kappa shape index (κ2) is 7.05. The highest BCUT2D eigenvalue weighted by Crippen LogP contribution is 2.66. The smallest absolute Gasteiger partial charge is 0.336 e. The number of carboxylic acids is 1. The minimum Gasteiger partial charge on any atom is -0.508 e. The van der Waals surface area contributed by atoms with Gasteiger partial charge in [0.2, 0.25) is 10.0 Å². The van der Waals surface area contributed by atoms with E-state index in [0.29, 0.717) is 28.4 Å². The zero-order valence-electron chi connectivity index (χ0n) is 17.4. The van der Waals surface area contributed by atoms with Crippen LogP contribution in [0.2, 0.25) is 0 Å². The predicted molar refractivity (Wildman–Crippen MR) is 118 cm³/mol. The number of aromatic carboxylic acids is 1. The molecular formula is C23H27NO5S2. The molecule has 1 aromatic heterocycles. The first-order valence-electron chi connectivity index (χ1n) is 10.8. The molecule has 31 heavy (non-hydrogen) atoms. The zero-order valence-corrected chi connectivity index (χ0v) is 19.0. The number of phenols is 1. The van der Waals surface area contributed by atoms with E-state index in [4.69, 9.17) is 5.14 Å². The average molecular weight is 462 g/mol. The molecule has 0 amide bonds. The molecule has 0 spiro atoms. The fourth-order valence-corrected chi connectivity index (χ4v) is 9.14. The van der Waals surface area contributed by atoms with E-state index >= 15 is 0 Å². The van der Waals surface area contributed by atoms with E-state index in [9.17, 15) is 23.4 Å². The van der Waals surface area contributed by atoms with Crippen LogP contribution in [0.25, 0.3) is 0 Å². The van der Waals surface area contributed by atoms with Gasteiger partial charge in [0, 0.05) is 4.88 Å². The van der Waals surface area contributed by atoms with E-state index < -0.39 is 16.0 Å². The number of thiophene rings is 1. The summed E-state index contributed by atoms with van der Waals surface area (Å²) in [5, 5.41) is 24.9. The van der Waals surface area contributed by atoms with Gasteiger partial charge in [-0.25, -0.2) is 18.4 Å². The van der Waals surface area contributed by atoms with Crippen LogP contribution in [0.1, 0.15) is 77.2 Å². The summed E-state index contributed by atoms with van der Waals surface area (Å²) in [6.45, 7) is 2.28. The highest BCUT2D eigenvalue weighted by atomic mass is 32.2. The molecule has 1 heterocycles. The molecule has 0 saturated heterocycles. The first-order chi connectivity index (χ1) is 14.6. The van der Waals surface area contributed by atoms with Crippen molar-refractivity contribution in [1.29, 1.82) is 0 Å². The molecular weight excluding hydrogens is 434 g/mol. The van der Waals surface area contributed by atoms with Crippen LogP contribution in [0.15, 0.2) is 28.5 Å². The number of sulfonamides is 1. The average Bonchev–Trinajstić information content (AvgIpc) is 3.28. The summed E-state index contributed by atoms with van der Waals surface area (Å²) in [4.78, 5) is 12.6. The SMILES string of the molecule is C[C@]12CCC3c4ccc(O)cc4CCC3C1CC[C@@H]2c1sc(S(N)(=O)=O)cc1C(=O)O. The summed E-state index contributed by atoms with van der Waals surface area (Å²) >= 11 is 1.04. The van der Waals surface area contributed by atoms with E-state index in [1.807, 2.05) is 6.07 Å². The molecule has 1 aromatic carbocycles. The van der Waals surface area contributed by atoms with Crippen molar-refractivity contribution in [2.75, 3.05) is 0 Å². The molecule has 166 valence electrons. The standard InChI is InChI=1S/C23H27NO5S2/c1-23-9-8-15-14-5-3-13(25)10-12(14)2-4-16(15)18(23)6-7-19(23)21-17(22(26)27)11-20(30-21)31(24,28)29/h3,5,10-11,15-16,18-19,25H,2,4,6-9H2,1H3,(H,26,27)(H2,24,28,29)/t15?,16?,18?,19-,23+/m1/s1. The Morgan fingerprint density at radius 3 is 2.68 bits per heavy atom. The van der Waals surface area contributed by atoms with Crippen molar-refractivity contribution in [2.24, 2.45) is 22.4 Å². The Kier molecular flexibility index (Phi) is 4.77. The number of hydrogen-bond acceptors (Lipinski definition) is 5. The number of aryl methyl sites for hydroxylation is 1. The van der Waals surface area contributed by atoms with Gasteiger partial charge in [0.05, 0.1) is 5.56 Å². The molecule has 6 nitrogen and oxygen atoms in total. The summed E-state index contributed by atoms with van der Waals surface area (Å²) in [7, 11) is -3.94. The summed E-state index contributed by atoms with van der Waals surface area (Å²) < 4.78 is 23.7. The molecule has 8 heteroatoms. The van der Waals surface area contributed by atoms with Crippen molar-refractivity contribution < 1.29 is 23.4 Å². The van der Waals surface area contributed by atoms with Gasteiger partial charge in [0.1, 0.15) is 9.96 Å². The monoisotopic (exact) mass is 461 g/mol. The quantitative estimate of drug-likeness (QED) is 0.625. The second-order valence-electron chi connectivity index (χ2n) is 9.67. The summed E-state index contributed by atoms with van der Waals surface area (Å²) in [6, 6.07) is 7.00. The van der Waals surface area contributed by atoms with E-state index in [1.54, 1.807) is 6.07 Å². The van der Waals surface area contributed by atoms with Crippen molar-refractivity contribution in [1.82, 2.24) is 0 Å². The van der Waals surface area contributed by atoms with E-state index in [-0.39, 0.29) is 21.1 Å². The zero-order chi connectivity index (χ0) is 22.1. The second-order valence-corrected chi connectivity index (χ2v) is 12.5. The van der Waals surface area contributed by atoms with Crippen molar-refractivity contribution in [3.63, 3.8) is 0 Å². The number of phenolic OH excluding ortho intramolecular Hbond substituents is 1. The third kappa shape index (κ3) is 3.22. The maximum absolute atomic E-state index is 11.9. The van der Waals surface area contributed by atoms with Crippen LogP contribution in [0, 0.1) is 17.3 Å². The molecule has 3 aliphatic carbocycles. The van der Waals surface area contributed by atoms with Crippen molar-refractivity contribution in [3.05, 3.63) is 45.8 Å². The van der Waals surface area contributed by atoms with Crippen LogP contribution in [-0.2, 0) is 16.4 Å². The lowest BCUT2D eigenvalue weighted by Gasteiger charge is -2.51. The normalized spacial score (nSPS) is 32.2. The highest BCUT2D eigenvalue weighted by Gasteiger charge is 2.56. The van der Waals surface area contributed by atoms with Gasteiger partial charge in [0.25, 0.3) is 0 Å². The molecule has 0 bridgehead atoms. The maximum Gasteiger partial charge on any atom is 0.336 e. The fraction of sp³-hybridized carbons (Fsp3) is 0.522. The third-order valence-electron chi connectivity index (χ3n) is 8.28. The van der Waals surface area contributed by atoms with Gasteiger partial charge in [-0.2, -0.15) is 0 Å². The van der Waals surface area contributed by atoms with Gasteiger partial charge in [-0.15, -0.1) is 11.3 Å². The van der Waals surface area contributed by atoms with E-state index in [0.717, 1.165) is 49.9 Å². The Labute approximate surface area is 186 Å². The molecule has 2 saturated carbocycles. The van der Waals surface area contributed by atoms with Crippen LogP contribution in [0.4, 0.5) is 0 Å². The predicted octanol–water partition coefficient (Wildman–Crippen LogP) is 4.44. The van der Waals surface area contributed by atoms with E-state index in [2.05, 4.69) is 13.0 Å². The molecule has 3 unspecified atom stereocenters.